The number of hydrogen-bond acceptors (Lipinski definition) is 1. The third kappa shape index (κ3) is 8.80. The average molecular weight is 547 g/mol. The van der Waals surface area contributed by atoms with E-state index in [0.29, 0.717) is 12.2 Å². The minimum atomic E-state index is -0.865. The van der Waals surface area contributed by atoms with Crippen LogP contribution in [0.3, 0.4) is 0 Å². The van der Waals surface area contributed by atoms with E-state index in [1.54, 1.807) is 12.2 Å². The van der Waals surface area contributed by atoms with Crippen molar-refractivity contribution in [3.63, 3.8) is 0 Å². The van der Waals surface area contributed by atoms with E-state index >= 15 is 0 Å². The predicted octanol–water partition coefficient (Wildman–Crippen LogP) is 1.06. The largest absolute Gasteiger partial charge is 3.00 e. The van der Waals surface area contributed by atoms with Gasteiger partial charge >= 0.3 is 26.2 Å². The van der Waals surface area contributed by atoms with Gasteiger partial charge in [0.1, 0.15) is 5.83 Å². The van der Waals surface area contributed by atoms with Gasteiger partial charge in [-0.05, 0) is 54.2 Å². The summed E-state index contributed by atoms with van der Waals surface area (Å²) in [6.45, 7) is 0. The van der Waals surface area contributed by atoms with Crippen molar-refractivity contribution < 1.29 is 68.6 Å². The van der Waals surface area contributed by atoms with Crippen LogP contribution >= 0.6 is 0 Å². The van der Waals surface area contributed by atoms with Crippen LogP contribution in [-0.4, -0.2) is 4.98 Å². The van der Waals surface area contributed by atoms with Crippen LogP contribution in [0.15, 0.2) is 90.5 Å². The second-order valence-electron chi connectivity index (χ2n) is 6.32. The monoisotopic (exact) mass is 544 g/mol. The summed E-state index contributed by atoms with van der Waals surface area (Å²) in [4.78, 5) is 4.40. The number of fused-ring (bicyclic) bond motifs is 3. The summed E-state index contributed by atoms with van der Waals surface area (Å²) in [5.74, 6) is -1.74. The van der Waals surface area contributed by atoms with Crippen molar-refractivity contribution in [1.29, 1.82) is 0 Å². The van der Waals surface area contributed by atoms with Crippen LogP contribution in [0, 0.1) is 6.17 Å². The van der Waals surface area contributed by atoms with Gasteiger partial charge in [-0.15, -0.1) is 0 Å². The van der Waals surface area contributed by atoms with Crippen molar-refractivity contribution in [2.24, 2.45) is 0 Å². The number of allylic oxidation sites excluding steroid dienone is 8. The molecule has 31 heavy (non-hydrogen) atoms. The van der Waals surface area contributed by atoms with Gasteiger partial charge < -0.3 is 33.6 Å². The van der Waals surface area contributed by atoms with Gasteiger partial charge in [-0.2, -0.15) is 6.08 Å². The van der Waals surface area contributed by atoms with Crippen molar-refractivity contribution >= 4 is 0 Å². The molecular weight excluding hydrogens is 528 g/mol. The van der Waals surface area contributed by atoms with Crippen LogP contribution in [-0.2, 0) is 32.6 Å². The number of halogens is 6. The fourth-order valence-electron chi connectivity index (χ4n) is 2.97. The van der Waals surface area contributed by atoms with Gasteiger partial charge in [0.05, 0.1) is 11.5 Å². The topological polar surface area (TPSA) is 12.9 Å². The third-order valence-corrected chi connectivity index (χ3v) is 4.20. The van der Waals surface area contributed by atoms with E-state index in [9.17, 15) is 17.6 Å². The molecule has 161 valence electrons. The molecule has 1 nitrogen and oxygen atoms in total. The Morgan fingerprint density at radius 1 is 0.903 bits per heavy atom. The summed E-state index contributed by atoms with van der Waals surface area (Å²) in [6.07, 6.45) is 8.63. The summed E-state index contributed by atoms with van der Waals surface area (Å²) in [6, 6.07) is 12.6. The van der Waals surface area contributed by atoms with Crippen LogP contribution in [0.2, 0.25) is 0 Å². The third-order valence-electron chi connectivity index (χ3n) is 4.20. The number of benzene rings is 1. The number of nitrogens with zero attached hydrogens (tertiary/aromatic N) is 1. The fraction of sp³-hybridized carbons (Fsp3) is 0.130. The maximum atomic E-state index is 12.0. The molecule has 0 unspecified atom stereocenters. The number of pyridine rings is 1. The fourth-order valence-corrected chi connectivity index (χ4v) is 2.97. The first-order valence-corrected chi connectivity index (χ1v) is 8.82. The zero-order valence-corrected chi connectivity index (χ0v) is 20.2. The van der Waals surface area contributed by atoms with E-state index in [2.05, 4.69) is 35.3 Å². The molecule has 1 heterocycles. The Hall–Kier alpha value is -1.62. The maximum Gasteiger partial charge on any atom is 3.00 e. The standard InChI is InChI=1S/C12H9N.C6H4F3.C5H5F.2ClH.Zr/c1-2-6-11-9(4-1)8-10-5-3-7-13-12(10)11;7-4-1-5(8)3-6(9)2-4;6-5-3-1-2-4-5;;;/h1-7H,8H2;1-2H,3H2;1,3-4H,2H2;2*1H;/q;-1;;;;+3/p-2. The normalized spacial score (nSPS) is 14.3. The Morgan fingerprint density at radius 2 is 1.61 bits per heavy atom. The van der Waals surface area contributed by atoms with Crippen molar-refractivity contribution in [2.75, 3.05) is 0 Å². The van der Waals surface area contributed by atoms with Gasteiger partial charge in [-0.1, -0.05) is 42.5 Å². The molecular formula is C23H18Cl2F4NZr. The van der Waals surface area contributed by atoms with Crippen LogP contribution in [0.5, 0.6) is 0 Å². The van der Waals surface area contributed by atoms with Gasteiger partial charge in [-0.25, -0.2) is 8.78 Å². The molecule has 0 bridgehead atoms. The number of aromatic nitrogens is 1. The summed E-state index contributed by atoms with van der Waals surface area (Å²) < 4.78 is 47.7. The Bertz CT molecular complexity index is 927. The van der Waals surface area contributed by atoms with Crippen molar-refractivity contribution in [2.45, 2.75) is 19.3 Å². The maximum absolute atomic E-state index is 12.0. The van der Waals surface area contributed by atoms with Gasteiger partial charge in [0.25, 0.3) is 0 Å². The van der Waals surface area contributed by atoms with Crippen molar-refractivity contribution in [3.05, 3.63) is 108 Å². The minimum absolute atomic E-state index is 0. The zero-order chi connectivity index (χ0) is 19.9. The van der Waals surface area contributed by atoms with Crippen molar-refractivity contribution in [1.82, 2.24) is 4.98 Å². The molecule has 0 atom stereocenters. The SMILES string of the molecule is FC1=CCC=C1.FC1=C[C-](F)CC(F)=C1.[Cl-].[Cl-].[Zr+3].c1ccc2c(c1)Cc1cccnc1-2. The molecule has 8 heteroatoms. The van der Waals surface area contributed by atoms with Crippen LogP contribution in [0.1, 0.15) is 24.0 Å². The average Bonchev–Trinajstić information content (AvgIpc) is 3.28. The van der Waals surface area contributed by atoms with E-state index in [4.69, 9.17) is 0 Å². The molecule has 3 aliphatic carbocycles. The number of hydrogen-bond donors (Lipinski definition) is 0. The summed E-state index contributed by atoms with van der Waals surface area (Å²) >= 11 is 0. The predicted molar refractivity (Wildman–Crippen MR) is 103 cm³/mol. The van der Waals surface area contributed by atoms with Crippen LogP contribution in [0.4, 0.5) is 17.6 Å². The van der Waals surface area contributed by atoms with Gasteiger partial charge in [0.15, 0.2) is 0 Å². The molecule has 0 N–H and O–H groups in total. The van der Waals surface area contributed by atoms with E-state index in [1.165, 1.54) is 22.8 Å². The summed E-state index contributed by atoms with van der Waals surface area (Å²) in [7, 11) is 0. The second-order valence-corrected chi connectivity index (χ2v) is 6.32. The number of rotatable bonds is 0. The van der Waals surface area contributed by atoms with E-state index in [1.807, 2.05) is 12.3 Å². The smallest absolute Gasteiger partial charge is 1.00 e. The van der Waals surface area contributed by atoms with Crippen molar-refractivity contribution in [3.8, 4) is 11.3 Å². The first kappa shape index (κ1) is 29.4. The van der Waals surface area contributed by atoms with Gasteiger partial charge in [-0.3, -0.25) is 4.98 Å². The van der Waals surface area contributed by atoms with Crippen LogP contribution in [0.25, 0.3) is 11.3 Å². The Balaban J connectivity index is 0.000000445. The molecule has 1 aromatic heterocycles. The molecule has 0 saturated carbocycles. The molecule has 0 amide bonds. The minimum Gasteiger partial charge on any atom is -1.00 e. The second kappa shape index (κ2) is 14.4. The van der Waals surface area contributed by atoms with E-state index < -0.39 is 24.2 Å². The molecule has 5 rings (SSSR count). The molecule has 0 saturated heterocycles. The Morgan fingerprint density at radius 3 is 2.19 bits per heavy atom. The zero-order valence-electron chi connectivity index (χ0n) is 16.3. The van der Waals surface area contributed by atoms with Crippen LogP contribution < -0.4 is 24.8 Å². The molecule has 1 radical (unpaired) electrons. The molecule has 2 aromatic rings. The summed E-state index contributed by atoms with van der Waals surface area (Å²) in [5, 5.41) is 0. The summed E-state index contributed by atoms with van der Waals surface area (Å²) in [5.41, 5.74) is 5.22. The first-order valence-electron chi connectivity index (χ1n) is 8.82. The molecule has 0 spiro atoms. The molecule has 1 aromatic carbocycles. The van der Waals surface area contributed by atoms with Gasteiger partial charge in [0.2, 0.25) is 0 Å². The first-order chi connectivity index (χ1) is 13.5. The molecule has 0 aliphatic heterocycles. The Kier molecular flexibility index (Phi) is 13.7. The van der Waals surface area contributed by atoms with Gasteiger partial charge in [0, 0.05) is 18.2 Å². The molecule has 3 aliphatic rings. The van der Waals surface area contributed by atoms with E-state index in [0.717, 1.165) is 18.5 Å². The Labute approximate surface area is 211 Å². The van der Waals surface area contributed by atoms with E-state index in [-0.39, 0.29) is 56.8 Å². The quantitative estimate of drug-likeness (QED) is 0.304. The molecule has 0 fully saturated rings.